The number of fused-ring (bicyclic) bond motifs is 3. The van der Waals surface area contributed by atoms with E-state index in [1.807, 2.05) is 0 Å². The first-order valence-electron chi connectivity index (χ1n) is 16.2. The van der Waals surface area contributed by atoms with Crippen LogP contribution in [0.5, 0.6) is 11.5 Å². The van der Waals surface area contributed by atoms with Gasteiger partial charge in [-0.25, -0.2) is 23.4 Å². The molecule has 1 N–H and O–H groups in total. The standard InChI is InChI=1S/C37H35Cl2F2N3O6/c1-47-32-10-8-23(16-34(32)48-2)33(17-26-27(38)18-42-19-28(26)39)49-36(45)24-7-9-29(40)25(15-24)20-44(31-6-4-3-5-30(31)41)37(46)50-35-21-43-13-11-22(35)12-14-43/h3-10,15-16,18-19,22,33,35H,11-14,17,20-21H2,1-2H3/p+1/t33-,35-/m0/s1. The fourth-order valence-corrected chi connectivity index (χ4v) is 7.02. The number of para-hydroxylation sites is 1. The highest BCUT2D eigenvalue weighted by atomic mass is 35.5. The molecule has 262 valence electrons. The molecular formula is C37H36Cl2F2N3O6+. The molecule has 0 radical (unpaired) electrons. The van der Waals surface area contributed by atoms with E-state index in [1.165, 1.54) is 44.6 Å². The van der Waals surface area contributed by atoms with Gasteiger partial charge in [-0.1, -0.05) is 41.4 Å². The number of carbonyl (C=O) groups is 2. The van der Waals surface area contributed by atoms with E-state index in [0.717, 1.165) is 36.9 Å². The number of piperidine rings is 3. The summed E-state index contributed by atoms with van der Waals surface area (Å²) in [5.41, 5.74) is 0.972. The van der Waals surface area contributed by atoms with Crippen molar-refractivity contribution in [1.29, 1.82) is 0 Å². The number of aromatic nitrogens is 1. The zero-order valence-corrected chi connectivity index (χ0v) is 29.0. The van der Waals surface area contributed by atoms with Gasteiger partial charge in [0.05, 0.1) is 32.0 Å². The molecule has 13 heteroatoms. The average Bonchev–Trinajstić information content (AvgIpc) is 3.12. The van der Waals surface area contributed by atoms with E-state index < -0.39 is 36.3 Å². The van der Waals surface area contributed by atoms with Crippen molar-refractivity contribution in [2.75, 3.05) is 38.8 Å². The normalized spacial score (nSPS) is 18.6. The molecule has 3 fully saturated rings. The van der Waals surface area contributed by atoms with Gasteiger partial charge in [0, 0.05) is 24.1 Å². The van der Waals surface area contributed by atoms with Crippen molar-refractivity contribution in [3.8, 4) is 11.5 Å². The van der Waals surface area contributed by atoms with Crippen LogP contribution in [-0.2, 0) is 22.4 Å². The summed E-state index contributed by atoms with van der Waals surface area (Å²) in [6.45, 7) is 2.08. The maximum absolute atomic E-state index is 15.4. The number of benzene rings is 3. The Morgan fingerprint density at radius 2 is 1.66 bits per heavy atom. The zero-order valence-electron chi connectivity index (χ0n) is 27.5. The molecule has 4 aromatic rings. The third-order valence-corrected chi connectivity index (χ3v) is 9.91. The number of amides is 1. The number of halogens is 4. The van der Waals surface area contributed by atoms with Crippen molar-refractivity contribution >= 4 is 41.0 Å². The maximum atomic E-state index is 15.4. The lowest BCUT2D eigenvalue weighted by molar-refractivity contribution is -0.377. The van der Waals surface area contributed by atoms with Crippen molar-refractivity contribution < 1.29 is 42.3 Å². The number of methoxy groups -OCH3 is 2. The molecule has 0 unspecified atom stereocenters. The monoisotopic (exact) mass is 726 g/mol. The molecule has 7 rings (SSSR count). The highest BCUT2D eigenvalue weighted by molar-refractivity contribution is 6.35. The van der Waals surface area contributed by atoms with Crippen LogP contribution >= 0.6 is 23.2 Å². The first-order chi connectivity index (χ1) is 24.1. The van der Waals surface area contributed by atoms with Crippen LogP contribution in [0.25, 0.3) is 0 Å². The molecule has 0 aliphatic carbocycles. The van der Waals surface area contributed by atoms with Crippen LogP contribution in [-0.4, -0.2) is 56.9 Å². The third kappa shape index (κ3) is 7.80. The van der Waals surface area contributed by atoms with E-state index in [1.54, 1.807) is 36.7 Å². The summed E-state index contributed by atoms with van der Waals surface area (Å²) in [5.74, 6) is -1.07. The first kappa shape index (κ1) is 35.4. The van der Waals surface area contributed by atoms with Crippen molar-refractivity contribution in [3.63, 3.8) is 0 Å². The number of nitrogens with zero attached hydrogens (tertiary/aromatic N) is 2. The summed E-state index contributed by atoms with van der Waals surface area (Å²) >= 11 is 12.9. The number of rotatable bonds is 11. The van der Waals surface area contributed by atoms with Crippen molar-refractivity contribution in [3.05, 3.63) is 117 Å². The molecular weight excluding hydrogens is 691 g/mol. The number of nitrogens with one attached hydrogen (secondary N) is 1. The van der Waals surface area contributed by atoms with Crippen LogP contribution in [0.2, 0.25) is 10.0 Å². The average molecular weight is 728 g/mol. The number of carbonyl (C=O) groups excluding carboxylic acids is 2. The van der Waals surface area contributed by atoms with Gasteiger partial charge in [0.15, 0.2) is 23.9 Å². The van der Waals surface area contributed by atoms with E-state index in [0.29, 0.717) is 39.2 Å². The summed E-state index contributed by atoms with van der Waals surface area (Å²) in [6.07, 6.45) is 2.95. The number of H-pyrrole nitrogens is 1. The van der Waals surface area contributed by atoms with Gasteiger partial charge in [0.25, 0.3) is 0 Å². The third-order valence-electron chi connectivity index (χ3n) is 9.24. The SMILES string of the molecule is COc1ccc([C@H](Cc2c(Cl)c[nH+]cc2Cl)OC(=O)c2ccc(F)c(CN(C(=O)O[C@H]3CN4CCC3CC4)c3ccccc3F)c2)cc1OC. The second-order valence-electron chi connectivity index (χ2n) is 12.2. The minimum Gasteiger partial charge on any atom is -0.493 e. The number of esters is 1. The van der Waals surface area contributed by atoms with E-state index in [4.69, 9.17) is 42.1 Å². The Morgan fingerprint density at radius 1 is 0.940 bits per heavy atom. The van der Waals surface area contributed by atoms with E-state index in [2.05, 4.69) is 9.88 Å². The van der Waals surface area contributed by atoms with Gasteiger partial charge in [-0.3, -0.25) is 9.80 Å². The Hall–Kier alpha value is -4.45. The summed E-state index contributed by atoms with van der Waals surface area (Å²) in [6, 6.07) is 14.5. The zero-order chi connectivity index (χ0) is 35.4. The van der Waals surface area contributed by atoms with Gasteiger partial charge in [-0.2, -0.15) is 0 Å². The number of hydrogen-bond donors (Lipinski definition) is 0. The number of anilines is 1. The molecule has 1 amide bonds. The molecule has 9 nitrogen and oxygen atoms in total. The second kappa shape index (κ2) is 15.6. The number of hydrogen-bond acceptors (Lipinski definition) is 7. The summed E-state index contributed by atoms with van der Waals surface area (Å²) in [7, 11) is 2.99. The largest absolute Gasteiger partial charge is 0.493 e. The quantitative estimate of drug-likeness (QED) is 0.148. The predicted octanol–water partition coefficient (Wildman–Crippen LogP) is 7.48. The van der Waals surface area contributed by atoms with Crippen LogP contribution in [0.1, 0.15) is 46.0 Å². The lowest BCUT2D eigenvalue weighted by atomic mass is 9.86. The molecule has 3 aromatic carbocycles. The second-order valence-corrected chi connectivity index (χ2v) is 13.1. The number of aromatic amines is 1. The van der Waals surface area contributed by atoms with Crippen LogP contribution in [0.4, 0.5) is 19.3 Å². The van der Waals surface area contributed by atoms with E-state index in [-0.39, 0.29) is 35.3 Å². The van der Waals surface area contributed by atoms with Gasteiger partial charge in [0.1, 0.15) is 33.9 Å². The molecule has 50 heavy (non-hydrogen) atoms. The Balaban J connectivity index is 1.28. The molecule has 3 saturated heterocycles. The van der Waals surface area contributed by atoms with Gasteiger partial charge in [0.2, 0.25) is 0 Å². The minimum atomic E-state index is -0.917. The van der Waals surface area contributed by atoms with Crippen LogP contribution in [0.3, 0.4) is 0 Å². The molecule has 2 bridgehead atoms. The highest BCUT2D eigenvalue weighted by Gasteiger charge is 2.38. The first-order valence-corrected chi connectivity index (χ1v) is 16.9. The van der Waals surface area contributed by atoms with Gasteiger partial charge < -0.3 is 18.9 Å². The van der Waals surface area contributed by atoms with Gasteiger partial charge in [-0.15, -0.1) is 0 Å². The smallest absolute Gasteiger partial charge is 0.415 e. The Kier molecular flexibility index (Phi) is 11.1. The lowest BCUT2D eigenvalue weighted by Crippen LogP contribution is -2.53. The molecule has 3 aliphatic rings. The highest BCUT2D eigenvalue weighted by Crippen LogP contribution is 2.36. The fraction of sp³-hybridized carbons (Fsp3) is 0.324. The van der Waals surface area contributed by atoms with Crippen molar-refractivity contribution in [2.45, 2.75) is 38.0 Å². The predicted molar refractivity (Wildman–Crippen MR) is 183 cm³/mol. The lowest BCUT2D eigenvalue weighted by Gasteiger charge is -2.44. The Labute approximate surface area is 298 Å². The molecule has 1 aromatic heterocycles. The maximum Gasteiger partial charge on any atom is 0.415 e. The molecule has 0 saturated carbocycles. The molecule has 4 heterocycles. The minimum absolute atomic E-state index is 0.00436. The van der Waals surface area contributed by atoms with Crippen LogP contribution in [0, 0.1) is 17.6 Å². The number of pyridine rings is 1. The van der Waals surface area contributed by atoms with E-state index in [9.17, 15) is 9.59 Å². The van der Waals surface area contributed by atoms with Gasteiger partial charge >= 0.3 is 12.1 Å². The fourth-order valence-electron chi connectivity index (χ4n) is 6.48. The van der Waals surface area contributed by atoms with E-state index >= 15 is 8.78 Å². The summed E-state index contributed by atoms with van der Waals surface area (Å²) in [4.78, 5) is 33.6. The molecule has 2 atom stereocenters. The van der Waals surface area contributed by atoms with Crippen LogP contribution < -0.4 is 19.4 Å². The van der Waals surface area contributed by atoms with Crippen molar-refractivity contribution in [2.24, 2.45) is 5.92 Å². The Morgan fingerprint density at radius 3 is 2.32 bits per heavy atom. The Bertz CT molecular complexity index is 1850. The van der Waals surface area contributed by atoms with Gasteiger partial charge in [-0.05, 0) is 79.9 Å². The molecule has 3 aliphatic heterocycles. The summed E-state index contributed by atoms with van der Waals surface area (Å²) < 4.78 is 53.3. The summed E-state index contributed by atoms with van der Waals surface area (Å²) in [5, 5.41) is 0.669. The molecule has 0 spiro atoms. The topological polar surface area (TPSA) is 91.7 Å². The van der Waals surface area contributed by atoms with Crippen LogP contribution in [0.15, 0.2) is 73.1 Å². The van der Waals surface area contributed by atoms with Crippen molar-refractivity contribution in [1.82, 2.24) is 4.90 Å². The number of ether oxygens (including phenoxy) is 4.